The molecule has 1 amide bonds. The fourth-order valence-corrected chi connectivity index (χ4v) is 4.41. The van der Waals surface area contributed by atoms with Crippen LogP contribution in [0.15, 0.2) is 47.5 Å². The van der Waals surface area contributed by atoms with Crippen LogP contribution in [-0.4, -0.2) is 35.8 Å². The number of hydrogen-bond donors (Lipinski definition) is 1. The molecule has 0 saturated heterocycles. The van der Waals surface area contributed by atoms with Crippen LogP contribution in [0.5, 0.6) is 0 Å². The lowest BCUT2D eigenvalue weighted by Crippen LogP contribution is -2.45. The lowest BCUT2D eigenvalue weighted by Gasteiger charge is -2.31. The molecule has 1 aliphatic rings. The second-order valence-corrected chi connectivity index (χ2v) is 8.60. The van der Waals surface area contributed by atoms with Gasteiger partial charge in [0, 0.05) is 20.0 Å². The van der Waals surface area contributed by atoms with Gasteiger partial charge in [0.1, 0.15) is 6.33 Å². The Morgan fingerprint density at radius 1 is 1.24 bits per heavy atom. The number of carbonyl (C=O) groups is 1. The highest BCUT2D eigenvalue weighted by Crippen LogP contribution is 2.38. The van der Waals surface area contributed by atoms with Gasteiger partial charge < -0.3 is 9.88 Å². The molecule has 170 valence electrons. The van der Waals surface area contributed by atoms with Crippen molar-refractivity contribution in [1.82, 2.24) is 29.2 Å². The standard InChI is InChI=1S/C22H19ClF2N6O2/c1-12-3-6-18-17(7-12)28-20-22(24,25)9-13(10-30(18)20)27-19(32)15-5-4-14(8-16(15)23)31-11-26-29(2)21(31)33/h3-8,11,13H,9-10H2,1-2H3,(H,27,32). The topological polar surface area (TPSA) is 86.7 Å². The molecule has 2 aromatic heterocycles. The summed E-state index contributed by atoms with van der Waals surface area (Å²) in [7, 11) is 1.51. The van der Waals surface area contributed by atoms with Gasteiger partial charge in [-0.2, -0.15) is 13.9 Å². The number of aromatic nitrogens is 5. The number of fused-ring (bicyclic) bond motifs is 3. The third kappa shape index (κ3) is 3.60. The number of benzene rings is 2. The van der Waals surface area contributed by atoms with E-state index in [9.17, 15) is 18.4 Å². The zero-order valence-corrected chi connectivity index (χ0v) is 18.5. The molecule has 1 atom stereocenters. The molecule has 0 aliphatic carbocycles. The average molecular weight is 473 g/mol. The number of nitrogens with one attached hydrogen (secondary N) is 1. The van der Waals surface area contributed by atoms with Crippen LogP contribution < -0.4 is 11.0 Å². The van der Waals surface area contributed by atoms with E-state index in [1.54, 1.807) is 18.2 Å². The summed E-state index contributed by atoms with van der Waals surface area (Å²) in [6.45, 7) is 2.04. The summed E-state index contributed by atoms with van der Waals surface area (Å²) < 4.78 is 33.7. The van der Waals surface area contributed by atoms with Crippen LogP contribution in [0.25, 0.3) is 16.7 Å². The van der Waals surface area contributed by atoms with Gasteiger partial charge in [0.2, 0.25) is 0 Å². The van der Waals surface area contributed by atoms with Crippen molar-refractivity contribution in [2.75, 3.05) is 0 Å². The van der Waals surface area contributed by atoms with E-state index >= 15 is 0 Å². The molecule has 1 N–H and O–H groups in total. The highest BCUT2D eigenvalue weighted by atomic mass is 35.5. The first kappa shape index (κ1) is 21.3. The van der Waals surface area contributed by atoms with Gasteiger partial charge in [0.25, 0.3) is 5.91 Å². The number of imidazole rings is 1. The Bertz CT molecular complexity index is 1470. The van der Waals surface area contributed by atoms with Crippen LogP contribution in [0, 0.1) is 6.92 Å². The lowest BCUT2D eigenvalue weighted by molar-refractivity contribution is -0.0473. The summed E-state index contributed by atoms with van der Waals surface area (Å²) in [5.41, 5.74) is 2.21. The molecule has 2 aromatic carbocycles. The van der Waals surface area contributed by atoms with E-state index in [2.05, 4.69) is 15.4 Å². The van der Waals surface area contributed by atoms with E-state index in [0.717, 1.165) is 10.2 Å². The molecule has 0 spiro atoms. The smallest absolute Gasteiger partial charge is 0.347 e. The summed E-state index contributed by atoms with van der Waals surface area (Å²) in [5, 5.41) is 6.64. The molecule has 11 heteroatoms. The number of carbonyl (C=O) groups excluding carboxylic acids is 1. The zero-order valence-electron chi connectivity index (χ0n) is 17.7. The van der Waals surface area contributed by atoms with Crippen molar-refractivity contribution in [3.63, 3.8) is 0 Å². The summed E-state index contributed by atoms with van der Waals surface area (Å²) >= 11 is 6.30. The van der Waals surface area contributed by atoms with Crippen LogP contribution in [0.1, 0.15) is 28.2 Å². The number of hydrogen-bond acceptors (Lipinski definition) is 4. The molecule has 0 fully saturated rings. The zero-order chi connectivity index (χ0) is 23.5. The molecule has 0 bridgehead atoms. The van der Waals surface area contributed by atoms with E-state index < -0.39 is 24.3 Å². The number of halogens is 3. The van der Waals surface area contributed by atoms with Gasteiger partial charge in [-0.05, 0) is 42.8 Å². The maximum absolute atomic E-state index is 14.9. The molecular formula is C22H19ClF2N6O2. The molecule has 3 heterocycles. The number of amides is 1. The third-order valence-electron chi connectivity index (χ3n) is 5.77. The molecule has 5 rings (SSSR count). The fraction of sp³-hybridized carbons (Fsp3) is 0.273. The van der Waals surface area contributed by atoms with E-state index in [4.69, 9.17) is 11.6 Å². The van der Waals surface area contributed by atoms with Crippen LogP contribution in [0.4, 0.5) is 8.78 Å². The van der Waals surface area contributed by atoms with Crippen LogP contribution in [0.2, 0.25) is 5.02 Å². The Labute approximate surface area is 191 Å². The Kier molecular flexibility index (Phi) is 4.86. The van der Waals surface area contributed by atoms with E-state index in [1.807, 2.05) is 13.0 Å². The minimum absolute atomic E-state index is 0.0903. The quantitative estimate of drug-likeness (QED) is 0.496. The van der Waals surface area contributed by atoms with E-state index in [1.165, 1.54) is 34.6 Å². The van der Waals surface area contributed by atoms with Crippen LogP contribution in [0.3, 0.4) is 0 Å². The fourth-order valence-electron chi connectivity index (χ4n) is 4.15. The lowest BCUT2D eigenvalue weighted by atomic mass is 10.0. The van der Waals surface area contributed by atoms with Gasteiger partial charge in [-0.15, -0.1) is 0 Å². The molecule has 1 unspecified atom stereocenters. The van der Waals surface area contributed by atoms with Crippen LogP contribution in [-0.2, 0) is 19.5 Å². The first-order valence-electron chi connectivity index (χ1n) is 10.2. The van der Waals surface area contributed by atoms with Crippen LogP contribution >= 0.6 is 11.6 Å². The molecule has 0 radical (unpaired) electrons. The number of nitrogens with zero attached hydrogens (tertiary/aromatic N) is 5. The van der Waals surface area contributed by atoms with Crippen molar-refractivity contribution >= 4 is 28.5 Å². The first-order valence-corrected chi connectivity index (χ1v) is 10.6. The van der Waals surface area contributed by atoms with Crippen molar-refractivity contribution in [2.24, 2.45) is 7.05 Å². The highest BCUT2D eigenvalue weighted by molar-refractivity contribution is 6.34. The van der Waals surface area contributed by atoms with E-state index in [-0.39, 0.29) is 28.6 Å². The summed E-state index contributed by atoms with van der Waals surface area (Å²) in [6.07, 6.45) is 0.772. The van der Waals surface area contributed by atoms with Gasteiger partial charge in [0.15, 0.2) is 5.82 Å². The Morgan fingerprint density at radius 3 is 2.73 bits per heavy atom. The largest absolute Gasteiger partial charge is 0.350 e. The monoisotopic (exact) mass is 472 g/mol. The predicted molar refractivity (Wildman–Crippen MR) is 118 cm³/mol. The Hall–Kier alpha value is -3.53. The van der Waals surface area contributed by atoms with Crippen molar-refractivity contribution in [3.05, 3.63) is 75.2 Å². The third-order valence-corrected chi connectivity index (χ3v) is 6.08. The van der Waals surface area contributed by atoms with Crippen molar-refractivity contribution in [2.45, 2.75) is 31.9 Å². The Morgan fingerprint density at radius 2 is 2.03 bits per heavy atom. The van der Waals surface area contributed by atoms with Gasteiger partial charge >= 0.3 is 11.6 Å². The summed E-state index contributed by atoms with van der Waals surface area (Å²) in [5.74, 6) is -4.06. The van der Waals surface area contributed by atoms with Crippen molar-refractivity contribution in [1.29, 1.82) is 0 Å². The SMILES string of the molecule is Cc1ccc2c(c1)nc1n2CC(NC(=O)c2ccc(-n3cnn(C)c3=O)cc2Cl)CC1(F)F. The second-order valence-electron chi connectivity index (χ2n) is 8.19. The average Bonchev–Trinajstić information content (AvgIpc) is 3.27. The maximum atomic E-state index is 14.9. The predicted octanol–water partition coefficient (Wildman–Crippen LogP) is 3.18. The molecule has 8 nitrogen and oxygen atoms in total. The summed E-state index contributed by atoms with van der Waals surface area (Å²) in [4.78, 5) is 29.1. The number of rotatable bonds is 3. The van der Waals surface area contributed by atoms with Gasteiger partial charge in [-0.3, -0.25) is 4.79 Å². The molecule has 33 heavy (non-hydrogen) atoms. The minimum Gasteiger partial charge on any atom is -0.347 e. The molecule has 1 aliphatic heterocycles. The summed E-state index contributed by atoms with van der Waals surface area (Å²) in [6, 6.07) is 9.00. The maximum Gasteiger partial charge on any atom is 0.350 e. The number of alkyl halides is 2. The molecule has 4 aromatic rings. The Balaban J connectivity index is 1.41. The molecule has 0 saturated carbocycles. The molecular weight excluding hydrogens is 454 g/mol. The van der Waals surface area contributed by atoms with Gasteiger partial charge in [-0.1, -0.05) is 17.7 Å². The minimum atomic E-state index is -3.20. The highest BCUT2D eigenvalue weighted by Gasteiger charge is 2.44. The van der Waals surface area contributed by atoms with Gasteiger partial charge in [-0.25, -0.2) is 19.0 Å². The van der Waals surface area contributed by atoms with Crippen molar-refractivity contribution in [3.8, 4) is 5.69 Å². The van der Waals surface area contributed by atoms with Gasteiger partial charge in [0.05, 0.1) is 33.3 Å². The normalized spacial score (nSPS) is 17.2. The van der Waals surface area contributed by atoms with Crippen molar-refractivity contribution < 1.29 is 13.6 Å². The second kappa shape index (κ2) is 7.51. The first-order chi connectivity index (χ1) is 15.6. The van der Waals surface area contributed by atoms with E-state index in [0.29, 0.717) is 16.7 Å². The number of aryl methyl sites for hydroxylation is 2.